The molecule has 0 spiro atoms. The van der Waals surface area contributed by atoms with Gasteiger partial charge in [0.05, 0.1) is 57.4 Å². The van der Waals surface area contributed by atoms with Gasteiger partial charge in [-0.3, -0.25) is 24.0 Å². The molecule has 362 valence electrons. The van der Waals surface area contributed by atoms with Crippen LogP contribution in [-0.2, 0) is 40.5 Å². The number of carbonyl (C=O) groups excluding carboxylic acids is 5. The van der Waals surface area contributed by atoms with E-state index in [2.05, 4.69) is 15.9 Å². The van der Waals surface area contributed by atoms with Crippen LogP contribution in [0.25, 0.3) is 0 Å². The molecule has 0 atom stereocenters. The molecular formula is C52H69BrO13. The highest BCUT2D eigenvalue weighted by atomic mass is 79.9. The molecular weight excluding hydrogens is 912 g/mol. The van der Waals surface area contributed by atoms with Gasteiger partial charge in [-0.1, -0.05) is 76.6 Å². The lowest BCUT2D eigenvalue weighted by molar-refractivity contribution is -0.144. The monoisotopic (exact) mass is 980 g/mol. The summed E-state index contributed by atoms with van der Waals surface area (Å²) in [4.78, 5) is 54.1. The number of benzene rings is 4. The van der Waals surface area contributed by atoms with E-state index in [4.69, 9.17) is 38.6 Å². The Morgan fingerprint density at radius 2 is 0.848 bits per heavy atom. The maximum Gasteiger partial charge on any atom is 0.305 e. The first kappa shape index (κ1) is 58.3. The SMILES string of the molecule is CCOC(=O)CCCCCOc1ccccc1C=O.CCOC(=O)CCCCCOc1ccccc1CBr.CCOC(=O)CCCCCOc1ccccc1CO.O=Cc1ccccc1O. The number of aromatic hydroxyl groups is 1. The highest BCUT2D eigenvalue weighted by molar-refractivity contribution is 9.08. The van der Waals surface area contributed by atoms with Gasteiger partial charge in [-0.2, -0.15) is 0 Å². The number of hydrogen-bond donors (Lipinski definition) is 2. The van der Waals surface area contributed by atoms with Crippen molar-refractivity contribution in [1.29, 1.82) is 0 Å². The minimum atomic E-state index is -0.144. The average molecular weight is 982 g/mol. The maximum atomic E-state index is 11.1. The zero-order valence-corrected chi connectivity index (χ0v) is 40.4. The molecule has 2 N–H and O–H groups in total. The van der Waals surface area contributed by atoms with Crippen LogP contribution < -0.4 is 14.2 Å². The van der Waals surface area contributed by atoms with E-state index in [1.165, 1.54) is 6.07 Å². The quantitative estimate of drug-likeness (QED) is 0.0181. The summed E-state index contributed by atoms with van der Waals surface area (Å²) in [5.74, 6) is 1.94. The topological polar surface area (TPSA) is 181 Å². The normalized spacial score (nSPS) is 9.95. The van der Waals surface area contributed by atoms with Crippen molar-refractivity contribution in [3.8, 4) is 23.0 Å². The third-order valence-electron chi connectivity index (χ3n) is 9.13. The number of carbonyl (C=O) groups is 5. The van der Waals surface area contributed by atoms with E-state index < -0.39 is 0 Å². The van der Waals surface area contributed by atoms with Crippen LogP contribution in [0.3, 0.4) is 0 Å². The second kappa shape index (κ2) is 39.6. The summed E-state index contributed by atoms with van der Waals surface area (Å²) in [5.41, 5.74) is 2.86. The number of aldehydes is 2. The lowest BCUT2D eigenvalue weighted by atomic mass is 10.2. The minimum absolute atomic E-state index is 0.0148. The Kier molecular flexibility index (Phi) is 35.0. The number of para-hydroxylation sites is 4. The Labute approximate surface area is 399 Å². The zero-order chi connectivity index (χ0) is 48.5. The Balaban J connectivity index is 0.000000452. The minimum Gasteiger partial charge on any atom is -0.507 e. The number of rotatable bonds is 28. The molecule has 13 nitrogen and oxygen atoms in total. The molecule has 4 aromatic carbocycles. The first-order valence-corrected chi connectivity index (χ1v) is 23.7. The number of phenols is 1. The lowest BCUT2D eigenvalue weighted by Crippen LogP contribution is -2.04. The van der Waals surface area contributed by atoms with Crippen LogP contribution in [0.2, 0.25) is 0 Å². The zero-order valence-electron chi connectivity index (χ0n) is 38.8. The van der Waals surface area contributed by atoms with Crippen LogP contribution in [0.1, 0.15) is 130 Å². The van der Waals surface area contributed by atoms with Crippen molar-refractivity contribution in [2.24, 2.45) is 0 Å². The second-order valence-electron chi connectivity index (χ2n) is 14.2. The molecule has 66 heavy (non-hydrogen) atoms. The number of alkyl halides is 1. The van der Waals surface area contributed by atoms with E-state index >= 15 is 0 Å². The molecule has 0 fully saturated rings. The Morgan fingerprint density at radius 3 is 1.24 bits per heavy atom. The largest absolute Gasteiger partial charge is 0.507 e. The number of unbranched alkanes of at least 4 members (excludes halogenated alkanes) is 6. The highest BCUT2D eigenvalue weighted by Crippen LogP contribution is 2.21. The van der Waals surface area contributed by atoms with E-state index in [9.17, 15) is 24.0 Å². The van der Waals surface area contributed by atoms with E-state index in [0.717, 1.165) is 92.0 Å². The molecule has 0 radical (unpaired) electrons. The molecule has 0 aromatic heterocycles. The van der Waals surface area contributed by atoms with E-state index in [1.54, 1.807) is 43.3 Å². The van der Waals surface area contributed by atoms with Crippen LogP contribution in [-0.4, -0.2) is 80.3 Å². The Hall–Kier alpha value is -5.73. The first-order valence-electron chi connectivity index (χ1n) is 22.6. The second-order valence-corrected chi connectivity index (χ2v) is 14.8. The van der Waals surface area contributed by atoms with Crippen molar-refractivity contribution in [3.05, 3.63) is 119 Å². The molecule has 0 saturated carbocycles. The van der Waals surface area contributed by atoms with Gasteiger partial charge in [0.15, 0.2) is 12.6 Å². The summed E-state index contributed by atoms with van der Waals surface area (Å²) in [6, 6.07) is 29.0. The number of hydrogen-bond acceptors (Lipinski definition) is 13. The van der Waals surface area contributed by atoms with Gasteiger partial charge in [0.1, 0.15) is 23.0 Å². The van der Waals surface area contributed by atoms with Crippen molar-refractivity contribution in [2.45, 2.75) is 110 Å². The van der Waals surface area contributed by atoms with Crippen LogP contribution in [0.4, 0.5) is 0 Å². The van der Waals surface area contributed by atoms with Crippen LogP contribution in [0, 0.1) is 0 Å². The predicted octanol–water partition coefficient (Wildman–Crippen LogP) is 11.0. The molecule has 0 heterocycles. The predicted molar refractivity (Wildman–Crippen MR) is 259 cm³/mol. The standard InChI is InChI=1S/C15H21BrO3.C15H22O4.C15H20O4.C7H6O2/c3*1-2-18-15(17)10-4-3-7-11-19-14-9-6-5-8-13(14)12-16;8-5-6-3-1-2-4-7(6)9/h5-6,8-9H,2-4,7,10-12H2,1H3;5-6,8-9,16H,2-4,7,10-12H2,1H3;5-6,8-9,12H,2-4,7,10-11H2,1H3;1-5,9H. The molecule has 14 heteroatoms. The van der Waals surface area contributed by atoms with Crippen molar-refractivity contribution in [2.75, 3.05) is 39.6 Å². The maximum absolute atomic E-state index is 11.1. The summed E-state index contributed by atoms with van der Waals surface area (Å²) in [6.45, 7) is 8.60. The summed E-state index contributed by atoms with van der Waals surface area (Å²) >= 11 is 3.44. The van der Waals surface area contributed by atoms with Crippen molar-refractivity contribution < 1.29 is 62.6 Å². The number of aliphatic hydroxyl groups excluding tert-OH is 1. The van der Waals surface area contributed by atoms with Gasteiger partial charge in [0, 0.05) is 35.7 Å². The lowest BCUT2D eigenvalue weighted by Gasteiger charge is -2.09. The van der Waals surface area contributed by atoms with Crippen LogP contribution >= 0.6 is 15.9 Å². The average Bonchev–Trinajstić information content (AvgIpc) is 3.33. The van der Waals surface area contributed by atoms with E-state index in [-0.39, 0.29) is 30.3 Å². The third-order valence-corrected chi connectivity index (χ3v) is 9.74. The Bertz CT molecular complexity index is 1850. The molecule has 0 aliphatic carbocycles. The summed E-state index contributed by atoms with van der Waals surface area (Å²) in [6.07, 6.45) is 10.8. The molecule has 0 aliphatic rings. The smallest absolute Gasteiger partial charge is 0.305 e. The summed E-state index contributed by atoms with van der Waals surface area (Å²) in [7, 11) is 0. The molecule has 0 saturated heterocycles. The fourth-order valence-electron chi connectivity index (χ4n) is 5.72. The summed E-state index contributed by atoms with van der Waals surface area (Å²) in [5, 5.41) is 18.8. The van der Waals surface area contributed by atoms with Gasteiger partial charge in [-0.05, 0) is 115 Å². The molecule has 4 rings (SSSR count). The fourth-order valence-corrected chi connectivity index (χ4v) is 6.18. The highest BCUT2D eigenvalue weighted by Gasteiger charge is 2.06. The number of ether oxygens (including phenoxy) is 6. The molecule has 0 unspecified atom stereocenters. The van der Waals surface area contributed by atoms with Gasteiger partial charge in [-0.25, -0.2) is 0 Å². The third kappa shape index (κ3) is 28.2. The first-order chi connectivity index (χ1) is 32.2. The number of esters is 3. The van der Waals surface area contributed by atoms with Crippen molar-refractivity contribution in [1.82, 2.24) is 0 Å². The van der Waals surface area contributed by atoms with Crippen LogP contribution in [0.5, 0.6) is 23.0 Å². The van der Waals surface area contributed by atoms with Gasteiger partial charge in [0.25, 0.3) is 0 Å². The summed E-state index contributed by atoms with van der Waals surface area (Å²) < 4.78 is 31.4. The number of aliphatic hydroxyl groups is 1. The molecule has 0 aliphatic heterocycles. The van der Waals surface area contributed by atoms with E-state index in [1.807, 2.05) is 68.4 Å². The van der Waals surface area contributed by atoms with Crippen molar-refractivity contribution in [3.63, 3.8) is 0 Å². The van der Waals surface area contributed by atoms with Gasteiger partial charge in [-0.15, -0.1) is 0 Å². The molecule has 0 amide bonds. The number of halogens is 1. The van der Waals surface area contributed by atoms with Gasteiger partial charge in [0.2, 0.25) is 0 Å². The Morgan fingerprint density at radius 1 is 0.485 bits per heavy atom. The van der Waals surface area contributed by atoms with Crippen molar-refractivity contribution >= 4 is 46.4 Å². The van der Waals surface area contributed by atoms with Crippen LogP contribution in [0.15, 0.2) is 97.1 Å². The fraction of sp³-hybridized carbons (Fsp3) is 0.442. The molecule has 0 bridgehead atoms. The van der Waals surface area contributed by atoms with E-state index in [0.29, 0.717) is 82.1 Å². The molecule has 4 aromatic rings. The van der Waals surface area contributed by atoms with Gasteiger partial charge < -0.3 is 38.6 Å². The van der Waals surface area contributed by atoms with Gasteiger partial charge >= 0.3 is 17.9 Å². The number of phenolic OH excluding ortho intramolecular Hbond substituents is 1.